The Bertz CT molecular complexity index is 579. The molecule has 7 heteroatoms. The SMILES string of the molecule is O=C(CCC1CCCC1)N1CC(Oc2ncccc2C(F)(F)F)C1. The van der Waals surface area contributed by atoms with Crippen LogP contribution in [0.3, 0.4) is 0 Å². The van der Waals surface area contributed by atoms with Gasteiger partial charge in [-0.2, -0.15) is 13.2 Å². The van der Waals surface area contributed by atoms with E-state index in [1.165, 1.54) is 37.9 Å². The van der Waals surface area contributed by atoms with Gasteiger partial charge in [-0.3, -0.25) is 4.79 Å². The van der Waals surface area contributed by atoms with Crippen molar-refractivity contribution in [1.29, 1.82) is 0 Å². The number of amides is 1. The molecule has 1 aliphatic heterocycles. The number of ether oxygens (including phenoxy) is 1. The normalized spacial score (nSPS) is 19.4. The number of carbonyl (C=O) groups excluding carboxylic acids is 1. The standard InChI is InChI=1S/C17H21F3N2O2/c18-17(19,20)14-6-3-9-21-16(14)24-13-10-22(11-13)15(23)8-7-12-4-1-2-5-12/h3,6,9,12-13H,1-2,4-5,7-8,10-11H2. The molecule has 1 aromatic heterocycles. The van der Waals surface area contributed by atoms with Crippen molar-refractivity contribution >= 4 is 5.91 Å². The van der Waals surface area contributed by atoms with Gasteiger partial charge in [0.15, 0.2) is 0 Å². The van der Waals surface area contributed by atoms with Crippen LogP contribution in [0.5, 0.6) is 5.88 Å². The first-order valence-electron chi connectivity index (χ1n) is 8.40. The number of pyridine rings is 1. The van der Waals surface area contributed by atoms with Gasteiger partial charge in [-0.25, -0.2) is 4.98 Å². The largest absolute Gasteiger partial charge is 0.470 e. The smallest absolute Gasteiger partial charge is 0.421 e. The number of aromatic nitrogens is 1. The fraction of sp³-hybridized carbons (Fsp3) is 0.647. The third-order valence-corrected chi connectivity index (χ3v) is 4.80. The second-order valence-electron chi connectivity index (χ2n) is 6.58. The molecule has 0 radical (unpaired) electrons. The van der Waals surface area contributed by atoms with Gasteiger partial charge in [0, 0.05) is 12.6 Å². The highest BCUT2D eigenvalue weighted by Gasteiger charge is 2.38. The molecule has 0 atom stereocenters. The molecule has 0 aromatic carbocycles. The van der Waals surface area contributed by atoms with Crippen LogP contribution in [0.15, 0.2) is 18.3 Å². The first kappa shape index (κ1) is 17.0. The molecule has 4 nitrogen and oxygen atoms in total. The van der Waals surface area contributed by atoms with E-state index in [4.69, 9.17) is 4.74 Å². The number of carbonyl (C=O) groups is 1. The fourth-order valence-electron chi connectivity index (χ4n) is 3.36. The predicted molar refractivity (Wildman–Crippen MR) is 81.4 cm³/mol. The lowest BCUT2D eigenvalue weighted by Gasteiger charge is -2.39. The second-order valence-corrected chi connectivity index (χ2v) is 6.58. The molecule has 2 fully saturated rings. The summed E-state index contributed by atoms with van der Waals surface area (Å²) in [6, 6.07) is 2.18. The van der Waals surface area contributed by atoms with E-state index in [0.29, 0.717) is 25.4 Å². The number of halogens is 3. The number of nitrogens with zero attached hydrogens (tertiary/aromatic N) is 2. The molecule has 3 rings (SSSR count). The lowest BCUT2D eigenvalue weighted by molar-refractivity contribution is -0.145. The molecule has 24 heavy (non-hydrogen) atoms. The highest BCUT2D eigenvalue weighted by atomic mass is 19.4. The van der Waals surface area contributed by atoms with Crippen molar-refractivity contribution < 1.29 is 22.7 Å². The minimum absolute atomic E-state index is 0.0683. The quantitative estimate of drug-likeness (QED) is 0.820. The first-order chi connectivity index (χ1) is 11.4. The third-order valence-electron chi connectivity index (χ3n) is 4.80. The highest BCUT2D eigenvalue weighted by Crippen LogP contribution is 2.35. The molecule has 0 spiro atoms. The summed E-state index contributed by atoms with van der Waals surface area (Å²) >= 11 is 0. The van der Waals surface area contributed by atoms with Crippen LogP contribution in [0.1, 0.15) is 44.1 Å². The number of alkyl halides is 3. The maximum atomic E-state index is 12.9. The molecular weight excluding hydrogens is 321 g/mol. The Labute approximate surface area is 139 Å². The number of hydrogen-bond donors (Lipinski definition) is 0. The van der Waals surface area contributed by atoms with Crippen LogP contribution in [0.2, 0.25) is 0 Å². The molecule has 2 aliphatic rings. The minimum Gasteiger partial charge on any atom is -0.470 e. The lowest BCUT2D eigenvalue weighted by atomic mass is 10.0. The zero-order chi connectivity index (χ0) is 17.2. The molecule has 1 amide bonds. The molecule has 0 bridgehead atoms. The van der Waals surface area contributed by atoms with Crippen LogP contribution in [0.4, 0.5) is 13.2 Å². The highest BCUT2D eigenvalue weighted by molar-refractivity contribution is 5.77. The minimum atomic E-state index is -4.50. The molecule has 1 saturated carbocycles. The summed E-state index contributed by atoms with van der Waals surface area (Å²) in [6.07, 6.45) is 2.72. The molecule has 1 aliphatic carbocycles. The van der Waals surface area contributed by atoms with E-state index in [9.17, 15) is 18.0 Å². The van der Waals surface area contributed by atoms with Gasteiger partial charge in [0.05, 0.1) is 13.1 Å². The number of likely N-dealkylation sites (tertiary alicyclic amines) is 1. The van der Waals surface area contributed by atoms with Gasteiger partial charge in [-0.05, 0) is 24.5 Å². The molecular formula is C17H21F3N2O2. The lowest BCUT2D eigenvalue weighted by Crippen LogP contribution is -2.56. The average molecular weight is 342 g/mol. The summed E-state index contributed by atoms with van der Waals surface area (Å²) in [5, 5.41) is 0. The zero-order valence-electron chi connectivity index (χ0n) is 13.4. The Morgan fingerprint density at radius 1 is 1.29 bits per heavy atom. The summed E-state index contributed by atoms with van der Waals surface area (Å²) in [5.74, 6) is 0.317. The van der Waals surface area contributed by atoms with Crippen LogP contribution < -0.4 is 4.74 Å². The van der Waals surface area contributed by atoms with E-state index in [1.807, 2.05) is 0 Å². The summed E-state index contributed by atoms with van der Waals surface area (Å²) in [6.45, 7) is 0.661. The Balaban J connectivity index is 1.46. The number of hydrogen-bond acceptors (Lipinski definition) is 3. The van der Waals surface area contributed by atoms with Gasteiger partial charge < -0.3 is 9.64 Å². The van der Waals surface area contributed by atoms with Crippen molar-refractivity contribution in [2.24, 2.45) is 5.92 Å². The van der Waals surface area contributed by atoms with Crippen LogP contribution in [0.25, 0.3) is 0 Å². The Morgan fingerprint density at radius 3 is 2.67 bits per heavy atom. The van der Waals surface area contributed by atoms with E-state index in [1.54, 1.807) is 4.90 Å². The van der Waals surface area contributed by atoms with Crippen LogP contribution in [-0.4, -0.2) is 35.0 Å². The zero-order valence-corrected chi connectivity index (χ0v) is 13.4. The summed E-state index contributed by atoms with van der Waals surface area (Å²) in [5.41, 5.74) is -0.879. The van der Waals surface area contributed by atoms with Crippen LogP contribution in [0, 0.1) is 5.92 Å². The molecule has 2 heterocycles. The summed E-state index contributed by atoms with van der Waals surface area (Å²) in [7, 11) is 0. The van der Waals surface area contributed by atoms with Crippen molar-refractivity contribution in [3.05, 3.63) is 23.9 Å². The van der Waals surface area contributed by atoms with Gasteiger partial charge in [0.1, 0.15) is 11.7 Å². The van der Waals surface area contributed by atoms with E-state index < -0.39 is 23.7 Å². The molecule has 132 valence electrons. The van der Waals surface area contributed by atoms with Gasteiger partial charge in [0.25, 0.3) is 0 Å². The Hall–Kier alpha value is -1.79. The summed E-state index contributed by atoms with van der Waals surface area (Å²) < 4.78 is 44.0. The monoisotopic (exact) mass is 342 g/mol. The second kappa shape index (κ2) is 6.99. The fourth-order valence-corrected chi connectivity index (χ4v) is 3.36. The van der Waals surface area contributed by atoms with Crippen LogP contribution >= 0.6 is 0 Å². The topological polar surface area (TPSA) is 42.4 Å². The average Bonchev–Trinajstić information content (AvgIpc) is 3.01. The maximum Gasteiger partial charge on any atom is 0.421 e. The third kappa shape index (κ3) is 3.99. The molecule has 0 unspecified atom stereocenters. The van der Waals surface area contributed by atoms with Gasteiger partial charge >= 0.3 is 6.18 Å². The predicted octanol–water partition coefficient (Wildman–Crippen LogP) is 3.66. The Morgan fingerprint density at radius 2 is 2.00 bits per heavy atom. The van der Waals surface area contributed by atoms with Crippen molar-refractivity contribution in [2.45, 2.75) is 50.8 Å². The van der Waals surface area contributed by atoms with Gasteiger partial charge in [0.2, 0.25) is 11.8 Å². The Kier molecular flexibility index (Phi) is 4.96. The maximum absolute atomic E-state index is 12.9. The van der Waals surface area contributed by atoms with E-state index in [-0.39, 0.29) is 5.91 Å². The van der Waals surface area contributed by atoms with Crippen molar-refractivity contribution in [2.75, 3.05) is 13.1 Å². The van der Waals surface area contributed by atoms with Gasteiger partial charge in [-0.1, -0.05) is 25.7 Å². The summed E-state index contributed by atoms with van der Waals surface area (Å²) in [4.78, 5) is 17.4. The van der Waals surface area contributed by atoms with Gasteiger partial charge in [-0.15, -0.1) is 0 Å². The van der Waals surface area contributed by atoms with E-state index in [0.717, 1.165) is 12.5 Å². The first-order valence-corrected chi connectivity index (χ1v) is 8.40. The van der Waals surface area contributed by atoms with Crippen molar-refractivity contribution in [3.8, 4) is 5.88 Å². The molecule has 1 aromatic rings. The molecule has 1 saturated heterocycles. The van der Waals surface area contributed by atoms with Crippen LogP contribution in [-0.2, 0) is 11.0 Å². The van der Waals surface area contributed by atoms with Crippen molar-refractivity contribution in [1.82, 2.24) is 9.88 Å². The number of rotatable bonds is 5. The van der Waals surface area contributed by atoms with E-state index >= 15 is 0 Å². The van der Waals surface area contributed by atoms with E-state index in [2.05, 4.69) is 4.98 Å². The van der Waals surface area contributed by atoms with Crippen molar-refractivity contribution in [3.63, 3.8) is 0 Å². The molecule has 0 N–H and O–H groups in total.